The maximum atomic E-state index is 12.1. The number of benzene rings is 1. The van der Waals surface area contributed by atoms with E-state index in [1.165, 1.54) is 36.8 Å². The van der Waals surface area contributed by atoms with Gasteiger partial charge < -0.3 is 4.90 Å². The molecule has 16 heavy (non-hydrogen) atoms. The standard InChI is InChI=1S/C14H17NO/c16-14-9-11-5-1-2-6-12(11)10-15(14)13-7-3-4-8-13/h1-2,5-6,13H,3-4,7-10H2. The van der Waals surface area contributed by atoms with Crippen molar-refractivity contribution < 1.29 is 4.79 Å². The van der Waals surface area contributed by atoms with Gasteiger partial charge in [0.2, 0.25) is 5.91 Å². The van der Waals surface area contributed by atoms with Gasteiger partial charge in [-0.3, -0.25) is 4.79 Å². The molecule has 0 N–H and O–H groups in total. The number of rotatable bonds is 1. The maximum Gasteiger partial charge on any atom is 0.227 e. The Morgan fingerprint density at radius 2 is 1.75 bits per heavy atom. The first-order chi connectivity index (χ1) is 7.84. The lowest BCUT2D eigenvalue weighted by atomic mass is 9.97. The Morgan fingerprint density at radius 1 is 1.06 bits per heavy atom. The van der Waals surface area contributed by atoms with Gasteiger partial charge in [0.1, 0.15) is 0 Å². The highest BCUT2D eigenvalue weighted by Gasteiger charge is 2.30. The summed E-state index contributed by atoms with van der Waals surface area (Å²) >= 11 is 0. The van der Waals surface area contributed by atoms with Crippen molar-refractivity contribution in [3.05, 3.63) is 35.4 Å². The number of hydrogen-bond acceptors (Lipinski definition) is 1. The largest absolute Gasteiger partial charge is 0.335 e. The Kier molecular flexibility index (Phi) is 2.43. The first kappa shape index (κ1) is 9.88. The van der Waals surface area contributed by atoms with Crippen molar-refractivity contribution in [3.63, 3.8) is 0 Å². The topological polar surface area (TPSA) is 20.3 Å². The third kappa shape index (κ3) is 1.62. The zero-order valence-electron chi connectivity index (χ0n) is 9.48. The van der Waals surface area contributed by atoms with Crippen LogP contribution in [0.4, 0.5) is 0 Å². The van der Waals surface area contributed by atoms with Gasteiger partial charge >= 0.3 is 0 Å². The lowest BCUT2D eigenvalue weighted by Gasteiger charge is -2.33. The molecule has 3 rings (SSSR count). The molecular formula is C14H17NO. The fourth-order valence-electron chi connectivity index (χ4n) is 2.97. The van der Waals surface area contributed by atoms with Gasteiger partial charge in [0, 0.05) is 12.6 Å². The maximum absolute atomic E-state index is 12.1. The van der Waals surface area contributed by atoms with Gasteiger partial charge in [-0.05, 0) is 24.0 Å². The van der Waals surface area contributed by atoms with E-state index in [4.69, 9.17) is 0 Å². The molecule has 1 amide bonds. The molecule has 2 nitrogen and oxygen atoms in total. The van der Waals surface area contributed by atoms with Crippen molar-refractivity contribution >= 4 is 5.91 Å². The summed E-state index contributed by atoms with van der Waals surface area (Å²) in [4.78, 5) is 14.2. The number of amides is 1. The van der Waals surface area contributed by atoms with Crippen LogP contribution >= 0.6 is 0 Å². The predicted octanol–water partition coefficient (Wildman–Crippen LogP) is 2.51. The molecule has 0 unspecified atom stereocenters. The Balaban J connectivity index is 1.86. The average molecular weight is 215 g/mol. The molecule has 1 aliphatic carbocycles. The first-order valence-corrected chi connectivity index (χ1v) is 6.21. The van der Waals surface area contributed by atoms with Crippen molar-refractivity contribution in [1.82, 2.24) is 4.90 Å². The molecule has 1 aliphatic heterocycles. The van der Waals surface area contributed by atoms with Crippen molar-refractivity contribution in [3.8, 4) is 0 Å². The molecule has 2 heteroatoms. The Hall–Kier alpha value is -1.31. The minimum absolute atomic E-state index is 0.325. The van der Waals surface area contributed by atoms with Gasteiger partial charge in [0.05, 0.1) is 6.42 Å². The molecule has 2 aliphatic rings. The normalized spacial score (nSPS) is 21.2. The Labute approximate surface area is 96.3 Å². The Morgan fingerprint density at radius 3 is 2.50 bits per heavy atom. The first-order valence-electron chi connectivity index (χ1n) is 6.21. The number of carbonyl (C=O) groups is 1. The molecule has 1 aromatic carbocycles. The highest BCUT2D eigenvalue weighted by atomic mass is 16.2. The second kappa shape index (κ2) is 3.93. The van der Waals surface area contributed by atoms with Gasteiger partial charge in [-0.15, -0.1) is 0 Å². The number of nitrogens with zero attached hydrogens (tertiary/aromatic N) is 1. The predicted molar refractivity (Wildman–Crippen MR) is 63.0 cm³/mol. The molecule has 1 saturated carbocycles. The summed E-state index contributed by atoms with van der Waals surface area (Å²) in [6, 6.07) is 8.85. The number of hydrogen-bond donors (Lipinski definition) is 0. The van der Waals surface area contributed by atoms with Crippen LogP contribution in [0.3, 0.4) is 0 Å². The highest BCUT2D eigenvalue weighted by Crippen LogP contribution is 2.29. The van der Waals surface area contributed by atoms with Gasteiger partial charge in [-0.1, -0.05) is 37.1 Å². The van der Waals surface area contributed by atoms with Crippen molar-refractivity contribution in [2.24, 2.45) is 0 Å². The van der Waals surface area contributed by atoms with E-state index in [9.17, 15) is 4.79 Å². The van der Waals surface area contributed by atoms with Crippen LogP contribution in [0.5, 0.6) is 0 Å². The lowest BCUT2D eigenvalue weighted by Crippen LogP contribution is -2.42. The van der Waals surface area contributed by atoms with Gasteiger partial charge in [-0.25, -0.2) is 0 Å². The van der Waals surface area contributed by atoms with E-state index in [2.05, 4.69) is 23.1 Å². The van der Waals surface area contributed by atoms with Crippen molar-refractivity contribution in [2.75, 3.05) is 0 Å². The molecule has 0 spiro atoms. The zero-order valence-corrected chi connectivity index (χ0v) is 9.48. The molecular weight excluding hydrogens is 198 g/mol. The summed E-state index contributed by atoms with van der Waals surface area (Å²) in [6.07, 6.45) is 5.58. The number of carbonyl (C=O) groups excluding carboxylic acids is 1. The van der Waals surface area contributed by atoms with E-state index in [0.29, 0.717) is 18.4 Å². The van der Waals surface area contributed by atoms with Crippen LogP contribution in [-0.4, -0.2) is 16.8 Å². The summed E-state index contributed by atoms with van der Waals surface area (Å²) in [7, 11) is 0. The summed E-state index contributed by atoms with van der Waals surface area (Å²) in [5.41, 5.74) is 2.57. The summed E-state index contributed by atoms with van der Waals surface area (Å²) in [5.74, 6) is 0.325. The van der Waals surface area contributed by atoms with Crippen LogP contribution in [-0.2, 0) is 17.8 Å². The van der Waals surface area contributed by atoms with Crippen LogP contribution in [0.15, 0.2) is 24.3 Å². The van der Waals surface area contributed by atoms with E-state index in [1.54, 1.807) is 0 Å². The summed E-state index contributed by atoms with van der Waals surface area (Å²) in [6.45, 7) is 0.833. The van der Waals surface area contributed by atoms with E-state index < -0.39 is 0 Å². The third-order valence-corrected chi connectivity index (χ3v) is 3.89. The molecule has 1 heterocycles. The van der Waals surface area contributed by atoms with Gasteiger partial charge in [0.15, 0.2) is 0 Å². The smallest absolute Gasteiger partial charge is 0.227 e. The zero-order chi connectivity index (χ0) is 11.0. The van der Waals surface area contributed by atoms with E-state index in [-0.39, 0.29) is 0 Å². The summed E-state index contributed by atoms with van der Waals surface area (Å²) in [5, 5.41) is 0. The third-order valence-electron chi connectivity index (χ3n) is 3.89. The molecule has 84 valence electrons. The van der Waals surface area contributed by atoms with Crippen LogP contribution in [0, 0.1) is 0 Å². The van der Waals surface area contributed by atoms with E-state index in [1.807, 2.05) is 6.07 Å². The minimum atomic E-state index is 0.325. The second-order valence-corrected chi connectivity index (χ2v) is 4.91. The highest BCUT2D eigenvalue weighted by molar-refractivity contribution is 5.81. The fourth-order valence-corrected chi connectivity index (χ4v) is 2.97. The van der Waals surface area contributed by atoms with Crippen LogP contribution < -0.4 is 0 Å². The van der Waals surface area contributed by atoms with Crippen LogP contribution in [0.2, 0.25) is 0 Å². The molecule has 0 saturated heterocycles. The minimum Gasteiger partial charge on any atom is -0.335 e. The quantitative estimate of drug-likeness (QED) is 0.705. The van der Waals surface area contributed by atoms with Crippen LogP contribution in [0.25, 0.3) is 0 Å². The van der Waals surface area contributed by atoms with Crippen molar-refractivity contribution in [1.29, 1.82) is 0 Å². The molecule has 0 aromatic heterocycles. The van der Waals surface area contributed by atoms with E-state index >= 15 is 0 Å². The number of fused-ring (bicyclic) bond motifs is 1. The monoisotopic (exact) mass is 215 g/mol. The molecule has 1 aromatic rings. The van der Waals surface area contributed by atoms with Gasteiger partial charge in [0.25, 0.3) is 0 Å². The van der Waals surface area contributed by atoms with E-state index in [0.717, 1.165) is 6.54 Å². The average Bonchev–Trinajstić information content (AvgIpc) is 2.81. The molecule has 0 atom stereocenters. The molecule has 1 fully saturated rings. The molecule has 0 bridgehead atoms. The van der Waals surface area contributed by atoms with Gasteiger partial charge in [-0.2, -0.15) is 0 Å². The van der Waals surface area contributed by atoms with Crippen LogP contribution in [0.1, 0.15) is 36.8 Å². The fraction of sp³-hybridized carbons (Fsp3) is 0.500. The summed E-state index contributed by atoms with van der Waals surface area (Å²) < 4.78 is 0. The second-order valence-electron chi connectivity index (χ2n) is 4.91. The molecule has 0 radical (unpaired) electrons. The van der Waals surface area contributed by atoms with Crippen molar-refractivity contribution in [2.45, 2.75) is 44.7 Å². The lowest BCUT2D eigenvalue weighted by molar-refractivity contribution is -0.134. The Bertz CT molecular complexity index is 407. The SMILES string of the molecule is O=C1Cc2ccccc2CN1C1CCCC1.